The SMILES string of the molecule is Cc1cc(C)c(CC(=O)c2cc(F)c(F)c(F)c2)c(C)c1. The molecule has 2 aromatic carbocycles. The number of benzene rings is 2. The van der Waals surface area contributed by atoms with Crippen molar-refractivity contribution < 1.29 is 18.0 Å². The number of ketones is 1. The van der Waals surface area contributed by atoms with Crippen LogP contribution in [0.3, 0.4) is 0 Å². The highest BCUT2D eigenvalue weighted by Crippen LogP contribution is 2.20. The Morgan fingerprint density at radius 3 is 1.86 bits per heavy atom. The molecular formula is C17H15F3O. The van der Waals surface area contributed by atoms with Crippen LogP contribution in [-0.4, -0.2) is 5.78 Å². The van der Waals surface area contributed by atoms with E-state index in [4.69, 9.17) is 0 Å². The summed E-state index contributed by atoms with van der Waals surface area (Å²) in [6.45, 7) is 5.72. The molecule has 2 rings (SSSR count). The van der Waals surface area contributed by atoms with Gasteiger partial charge in [0.1, 0.15) is 0 Å². The van der Waals surface area contributed by atoms with Crippen LogP contribution in [0, 0.1) is 38.2 Å². The molecule has 0 aromatic heterocycles. The summed E-state index contributed by atoms with van der Waals surface area (Å²) in [4.78, 5) is 12.2. The average molecular weight is 292 g/mol. The van der Waals surface area contributed by atoms with Gasteiger partial charge in [-0.25, -0.2) is 13.2 Å². The zero-order valence-electron chi connectivity index (χ0n) is 12.1. The fourth-order valence-corrected chi connectivity index (χ4v) is 2.47. The average Bonchev–Trinajstić information content (AvgIpc) is 2.39. The molecule has 0 amide bonds. The van der Waals surface area contributed by atoms with Gasteiger partial charge in [-0.3, -0.25) is 4.79 Å². The molecule has 0 saturated carbocycles. The number of aryl methyl sites for hydroxylation is 3. The zero-order chi connectivity index (χ0) is 15.7. The predicted molar refractivity (Wildman–Crippen MR) is 75.0 cm³/mol. The summed E-state index contributed by atoms with van der Waals surface area (Å²) in [5.41, 5.74) is 3.65. The largest absolute Gasteiger partial charge is 0.294 e. The van der Waals surface area contributed by atoms with Crippen LogP contribution in [0.1, 0.15) is 32.6 Å². The van der Waals surface area contributed by atoms with Gasteiger partial charge in [-0.05, 0) is 49.6 Å². The monoisotopic (exact) mass is 292 g/mol. The van der Waals surface area contributed by atoms with Crippen molar-refractivity contribution in [1.82, 2.24) is 0 Å². The van der Waals surface area contributed by atoms with Crippen molar-refractivity contribution in [3.8, 4) is 0 Å². The Kier molecular flexibility index (Phi) is 4.16. The molecule has 0 bridgehead atoms. The number of carbonyl (C=O) groups excluding carboxylic acids is 1. The van der Waals surface area contributed by atoms with Crippen LogP contribution in [-0.2, 0) is 6.42 Å². The Balaban J connectivity index is 2.35. The van der Waals surface area contributed by atoms with E-state index in [-0.39, 0.29) is 12.0 Å². The van der Waals surface area contributed by atoms with Gasteiger partial charge in [0.2, 0.25) is 0 Å². The van der Waals surface area contributed by atoms with Crippen molar-refractivity contribution in [2.75, 3.05) is 0 Å². The molecule has 0 atom stereocenters. The summed E-state index contributed by atoms with van der Waals surface area (Å²) in [5, 5.41) is 0. The lowest BCUT2D eigenvalue weighted by molar-refractivity contribution is 0.0991. The first-order chi connectivity index (χ1) is 9.79. The Bertz CT molecular complexity index is 674. The number of hydrogen-bond donors (Lipinski definition) is 0. The van der Waals surface area contributed by atoms with Crippen LogP contribution in [0.15, 0.2) is 24.3 Å². The molecule has 0 heterocycles. The first-order valence-corrected chi connectivity index (χ1v) is 6.54. The quantitative estimate of drug-likeness (QED) is 0.603. The maximum atomic E-state index is 13.2. The standard InChI is InChI=1S/C17H15F3O/c1-9-4-10(2)13(11(3)5-9)8-16(21)12-6-14(18)17(20)15(19)7-12/h4-7H,8H2,1-3H3. The smallest absolute Gasteiger partial charge is 0.194 e. The molecule has 1 nitrogen and oxygen atoms in total. The lowest BCUT2D eigenvalue weighted by atomic mass is 9.94. The van der Waals surface area contributed by atoms with E-state index in [2.05, 4.69) is 0 Å². The first-order valence-electron chi connectivity index (χ1n) is 6.54. The molecule has 4 heteroatoms. The van der Waals surface area contributed by atoms with E-state index in [1.807, 2.05) is 32.9 Å². The third kappa shape index (κ3) is 3.15. The van der Waals surface area contributed by atoms with Crippen molar-refractivity contribution in [3.05, 3.63) is 69.5 Å². The molecule has 0 saturated heterocycles. The highest BCUT2D eigenvalue weighted by atomic mass is 19.2. The molecule has 0 unspecified atom stereocenters. The lowest BCUT2D eigenvalue weighted by Crippen LogP contribution is -2.08. The first kappa shape index (κ1) is 15.3. The van der Waals surface area contributed by atoms with Crippen molar-refractivity contribution in [3.63, 3.8) is 0 Å². The molecule has 110 valence electrons. The topological polar surface area (TPSA) is 17.1 Å². The summed E-state index contributed by atoms with van der Waals surface area (Å²) in [6, 6.07) is 5.36. The highest BCUT2D eigenvalue weighted by Gasteiger charge is 2.17. The molecular weight excluding hydrogens is 277 g/mol. The summed E-state index contributed by atoms with van der Waals surface area (Å²) in [5.74, 6) is -4.71. The molecule has 0 aliphatic heterocycles. The second-order valence-corrected chi connectivity index (χ2v) is 5.23. The third-order valence-electron chi connectivity index (χ3n) is 3.48. The van der Waals surface area contributed by atoms with Gasteiger partial charge in [-0.15, -0.1) is 0 Å². The molecule has 0 radical (unpaired) electrons. The molecule has 0 aliphatic rings. The van der Waals surface area contributed by atoms with E-state index in [0.29, 0.717) is 0 Å². The minimum atomic E-state index is -1.56. The van der Waals surface area contributed by atoms with Crippen molar-refractivity contribution in [1.29, 1.82) is 0 Å². The summed E-state index contributed by atoms with van der Waals surface area (Å²) < 4.78 is 39.3. The van der Waals surface area contributed by atoms with Crippen molar-refractivity contribution in [2.45, 2.75) is 27.2 Å². The number of rotatable bonds is 3. The van der Waals surface area contributed by atoms with Gasteiger partial charge in [0.25, 0.3) is 0 Å². The van der Waals surface area contributed by atoms with E-state index < -0.39 is 23.2 Å². The summed E-state index contributed by atoms with van der Waals surface area (Å²) in [7, 11) is 0. The van der Waals surface area contributed by atoms with Crippen molar-refractivity contribution >= 4 is 5.78 Å². The summed E-state index contributed by atoms with van der Waals surface area (Å²) in [6.07, 6.45) is 0.0302. The fourth-order valence-electron chi connectivity index (χ4n) is 2.47. The molecule has 0 fully saturated rings. The van der Waals surface area contributed by atoms with Crippen LogP contribution < -0.4 is 0 Å². The fraction of sp³-hybridized carbons (Fsp3) is 0.235. The van der Waals surface area contributed by atoms with E-state index in [9.17, 15) is 18.0 Å². The maximum absolute atomic E-state index is 13.2. The molecule has 21 heavy (non-hydrogen) atoms. The van der Waals surface area contributed by atoms with E-state index >= 15 is 0 Å². The molecule has 2 aromatic rings. The van der Waals surface area contributed by atoms with Gasteiger partial charge in [-0.1, -0.05) is 17.7 Å². The van der Waals surface area contributed by atoms with Gasteiger partial charge in [0.15, 0.2) is 23.2 Å². The lowest BCUT2D eigenvalue weighted by Gasteiger charge is -2.11. The number of Topliss-reactive ketones (excluding diaryl/α,β-unsaturated/α-hetero) is 1. The molecule has 0 N–H and O–H groups in total. The number of halogens is 3. The molecule has 0 spiro atoms. The van der Waals surface area contributed by atoms with Crippen LogP contribution in [0.4, 0.5) is 13.2 Å². The second-order valence-electron chi connectivity index (χ2n) is 5.23. The van der Waals surface area contributed by atoms with Crippen LogP contribution in [0.25, 0.3) is 0 Å². The van der Waals surface area contributed by atoms with E-state index in [0.717, 1.165) is 34.4 Å². The van der Waals surface area contributed by atoms with Crippen LogP contribution in [0.5, 0.6) is 0 Å². The van der Waals surface area contributed by atoms with E-state index in [1.165, 1.54) is 0 Å². The van der Waals surface area contributed by atoms with Crippen molar-refractivity contribution in [2.24, 2.45) is 0 Å². The highest BCUT2D eigenvalue weighted by molar-refractivity contribution is 5.97. The maximum Gasteiger partial charge on any atom is 0.194 e. The Labute approximate surface area is 121 Å². The van der Waals surface area contributed by atoms with E-state index in [1.54, 1.807) is 0 Å². The minimum absolute atomic E-state index is 0.0302. The molecule has 0 aliphatic carbocycles. The second kappa shape index (κ2) is 5.72. The Morgan fingerprint density at radius 2 is 1.38 bits per heavy atom. The minimum Gasteiger partial charge on any atom is -0.294 e. The van der Waals surface area contributed by atoms with Crippen LogP contribution >= 0.6 is 0 Å². The van der Waals surface area contributed by atoms with Gasteiger partial charge in [0.05, 0.1) is 0 Å². The van der Waals surface area contributed by atoms with Gasteiger partial charge in [-0.2, -0.15) is 0 Å². The van der Waals surface area contributed by atoms with Gasteiger partial charge in [0, 0.05) is 12.0 Å². The predicted octanol–water partition coefficient (Wildman–Crippen LogP) is 4.45. The third-order valence-corrected chi connectivity index (χ3v) is 3.48. The zero-order valence-corrected chi connectivity index (χ0v) is 12.1. The van der Waals surface area contributed by atoms with Crippen LogP contribution in [0.2, 0.25) is 0 Å². The van der Waals surface area contributed by atoms with Gasteiger partial charge >= 0.3 is 0 Å². The number of hydrogen-bond acceptors (Lipinski definition) is 1. The Hall–Kier alpha value is -2.10. The normalized spacial score (nSPS) is 10.8. The van der Waals surface area contributed by atoms with Gasteiger partial charge < -0.3 is 0 Å². The Morgan fingerprint density at radius 1 is 0.905 bits per heavy atom. The summed E-state index contributed by atoms with van der Waals surface area (Å²) >= 11 is 0. The number of carbonyl (C=O) groups is 1.